The minimum Gasteiger partial charge on any atom is -0.484 e. The summed E-state index contributed by atoms with van der Waals surface area (Å²) in [5, 5.41) is 0. The fourth-order valence-electron chi connectivity index (χ4n) is 2.65. The normalized spacial score (nSPS) is 43.3. The third kappa shape index (κ3) is 1.16. The van der Waals surface area contributed by atoms with E-state index in [1.807, 2.05) is 6.92 Å². The fourth-order valence-corrected chi connectivity index (χ4v) is 2.65. The molecule has 3 saturated heterocycles. The van der Waals surface area contributed by atoms with Crippen LogP contribution in [0.4, 0.5) is 0 Å². The molecule has 0 radical (unpaired) electrons. The molecule has 0 N–H and O–H groups in total. The fraction of sp³-hybridized carbons (Fsp3) is 0.583. The van der Waals surface area contributed by atoms with Crippen LogP contribution in [0.3, 0.4) is 0 Å². The van der Waals surface area contributed by atoms with Crippen LogP contribution in [0.1, 0.15) is 13.3 Å². The third-order valence-corrected chi connectivity index (χ3v) is 3.54. The minimum absolute atomic E-state index is 0.0393. The van der Waals surface area contributed by atoms with E-state index in [0.29, 0.717) is 12.2 Å². The molecule has 16 heavy (non-hydrogen) atoms. The Morgan fingerprint density at radius 1 is 1.44 bits per heavy atom. The molecule has 86 valence electrons. The van der Waals surface area contributed by atoms with Gasteiger partial charge in [-0.1, -0.05) is 13.2 Å². The van der Waals surface area contributed by atoms with Crippen molar-refractivity contribution >= 4 is 5.97 Å². The molecule has 2 bridgehead atoms. The maximum absolute atomic E-state index is 11.5. The second kappa shape index (κ2) is 3.10. The van der Waals surface area contributed by atoms with E-state index in [9.17, 15) is 4.79 Å². The zero-order valence-electron chi connectivity index (χ0n) is 9.14. The maximum atomic E-state index is 11.5. The Hall–Kier alpha value is -1.29. The molecule has 3 fully saturated rings. The van der Waals surface area contributed by atoms with E-state index < -0.39 is 0 Å². The summed E-state index contributed by atoms with van der Waals surface area (Å²) < 4.78 is 16.6. The van der Waals surface area contributed by atoms with E-state index >= 15 is 0 Å². The molecule has 0 aromatic rings. The SMILES string of the molecule is C=C(C)C(=C)OC1C2CC3C(=O)OC1C3O2. The van der Waals surface area contributed by atoms with Crippen molar-refractivity contribution in [1.29, 1.82) is 0 Å². The summed E-state index contributed by atoms with van der Waals surface area (Å²) >= 11 is 0. The van der Waals surface area contributed by atoms with Crippen molar-refractivity contribution in [1.82, 2.24) is 0 Å². The van der Waals surface area contributed by atoms with E-state index in [1.54, 1.807) is 0 Å². The summed E-state index contributed by atoms with van der Waals surface area (Å²) in [6.45, 7) is 9.38. The molecule has 4 nitrogen and oxygen atoms in total. The first-order valence-corrected chi connectivity index (χ1v) is 5.45. The highest BCUT2D eigenvalue weighted by molar-refractivity contribution is 5.77. The molecule has 4 heteroatoms. The number of ether oxygens (including phenoxy) is 3. The molecule has 0 amide bonds. The zero-order valence-corrected chi connectivity index (χ0v) is 9.14. The second-order valence-electron chi connectivity index (χ2n) is 4.67. The summed E-state index contributed by atoms with van der Waals surface area (Å²) in [7, 11) is 0. The first-order valence-electron chi connectivity index (χ1n) is 5.45. The number of rotatable bonds is 3. The van der Waals surface area contributed by atoms with Gasteiger partial charge >= 0.3 is 5.97 Å². The van der Waals surface area contributed by atoms with Gasteiger partial charge in [0, 0.05) is 0 Å². The van der Waals surface area contributed by atoms with E-state index in [4.69, 9.17) is 14.2 Å². The predicted octanol–water partition coefficient (Wildman–Crippen LogP) is 1.17. The summed E-state index contributed by atoms with van der Waals surface area (Å²) in [5.41, 5.74) is 0.781. The van der Waals surface area contributed by atoms with Gasteiger partial charge in [-0.2, -0.15) is 0 Å². The number of esters is 1. The van der Waals surface area contributed by atoms with E-state index in [1.165, 1.54) is 0 Å². The summed E-state index contributed by atoms with van der Waals surface area (Å²) in [6, 6.07) is 0. The lowest BCUT2D eigenvalue weighted by Crippen LogP contribution is -2.38. The first kappa shape index (κ1) is 9.90. The Bertz CT molecular complexity index is 386. The number of fused-ring (bicyclic) bond motifs is 1. The molecule has 0 aromatic heterocycles. The van der Waals surface area contributed by atoms with Crippen molar-refractivity contribution in [3.05, 3.63) is 24.5 Å². The van der Waals surface area contributed by atoms with Crippen LogP contribution in [-0.4, -0.2) is 30.4 Å². The standard InChI is InChI=1S/C12H14O4/c1-5(2)6(3)14-10-8-4-7-9(15-8)11(10)16-12(7)13/h7-11H,1,3-4H2,2H3. The van der Waals surface area contributed by atoms with Gasteiger partial charge in [0.1, 0.15) is 11.9 Å². The Kier molecular flexibility index (Phi) is 1.92. The quantitative estimate of drug-likeness (QED) is 0.408. The van der Waals surface area contributed by atoms with Gasteiger partial charge < -0.3 is 14.2 Å². The van der Waals surface area contributed by atoms with Crippen LogP contribution >= 0.6 is 0 Å². The van der Waals surface area contributed by atoms with E-state index in [0.717, 1.165) is 5.57 Å². The first-order chi connectivity index (χ1) is 7.58. The van der Waals surface area contributed by atoms with Crippen molar-refractivity contribution < 1.29 is 19.0 Å². The number of carbonyl (C=O) groups excluding carboxylic acids is 1. The monoisotopic (exact) mass is 222 g/mol. The van der Waals surface area contributed by atoms with Crippen LogP contribution in [0.25, 0.3) is 0 Å². The predicted molar refractivity (Wildman–Crippen MR) is 55.5 cm³/mol. The molecule has 0 spiro atoms. The van der Waals surface area contributed by atoms with Crippen LogP contribution in [0, 0.1) is 5.92 Å². The lowest BCUT2D eigenvalue weighted by Gasteiger charge is -2.24. The van der Waals surface area contributed by atoms with Crippen molar-refractivity contribution in [3.63, 3.8) is 0 Å². The molecule has 3 aliphatic rings. The van der Waals surface area contributed by atoms with Gasteiger partial charge in [0.25, 0.3) is 0 Å². The molecule has 3 aliphatic heterocycles. The maximum Gasteiger partial charge on any atom is 0.312 e. The van der Waals surface area contributed by atoms with Crippen molar-refractivity contribution in [3.8, 4) is 0 Å². The van der Waals surface area contributed by atoms with Crippen molar-refractivity contribution in [2.75, 3.05) is 0 Å². The average molecular weight is 222 g/mol. The second-order valence-corrected chi connectivity index (χ2v) is 4.67. The van der Waals surface area contributed by atoms with Gasteiger partial charge in [-0.15, -0.1) is 0 Å². The van der Waals surface area contributed by atoms with Gasteiger partial charge in [-0.3, -0.25) is 4.79 Å². The molecule has 5 unspecified atom stereocenters. The summed E-state index contributed by atoms with van der Waals surface area (Å²) in [6.07, 6.45) is 0.0842. The van der Waals surface area contributed by atoms with Gasteiger partial charge in [0.15, 0.2) is 12.2 Å². The molecule has 0 aliphatic carbocycles. The molecule has 0 saturated carbocycles. The van der Waals surface area contributed by atoms with Crippen LogP contribution in [0.2, 0.25) is 0 Å². The minimum atomic E-state index is -0.257. The Balaban J connectivity index is 1.77. The Morgan fingerprint density at radius 2 is 2.19 bits per heavy atom. The average Bonchev–Trinajstić information content (AvgIpc) is 2.81. The van der Waals surface area contributed by atoms with Crippen LogP contribution < -0.4 is 0 Å². The number of hydrogen-bond acceptors (Lipinski definition) is 4. The van der Waals surface area contributed by atoms with E-state index in [-0.39, 0.29) is 36.3 Å². The van der Waals surface area contributed by atoms with Gasteiger partial charge in [-0.05, 0) is 18.9 Å². The van der Waals surface area contributed by atoms with Gasteiger partial charge in [0.05, 0.1) is 12.0 Å². The molecule has 0 aromatic carbocycles. The van der Waals surface area contributed by atoms with E-state index in [2.05, 4.69) is 13.2 Å². The van der Waals surface area contributed by atoms with Crippen LogP contribution in [-0.2, 0) is 19.0 Å². The molecule has 3 heterocycles. The Morgan fingerprint density at radius 3 is 2.88 bits per heavy atom. The summed E-state index contributed by atoms with van der Waals surface area (Å²) in [4.78, 5) is 11.5. The zero-order chi connectivity index (χ0) is 11.4. The highest BCUT2D eigenvalue weighted by Gasteiger charge is 2.64. The largest absolute Gasteiger partial charge is 0.484 e. The lowest BCUT2D eigenvalue weighted by atomic mass is 9.88. The van der Waals surface area contributed by atoms with Crippen molar-refractivity contribution in [2.45, 2.75) is 37.8 Å². The van der Waals surface area contributed by atoms with Gasteiger partial charge in [0.2, 0.25) is 0 Å². The van der Waals surface area contributed by atoms with Crippen molar-refractivity contribution in [2.24, 2.45) is 5.92 Å². The Labute approximate surface area is 93.9 Å². The molecule has 3 rings (SSSR count). The van der Waals surface area contributed by atoms with Gasteiger partial charge in [-0.25, -0.2) is 0 Å². The summed E-state index contributed by atoms with van der Waals surface area (Å²) in [5.74, 6) is 0.318. The number of hydrogen-bond donors (Lipinski definition) is 0. The third-order valence-electron chi connectivity index (χ3n) is 3.54. The smallest absolute Gasteiger partial charge is 0.312 e. The van der Waals surface area contributed by atoms with Crippen LogP contribution in [0.5, 0.6) is 0 Å². The highest BCUT2D eigenvalue weighted by Crippen LogP contribution is 2.47. The van der Waals surface area contributed by atoms with Crippen LogP contribution in [0.15, 0.2) is 24.5 Å². The number of allylic oxidation sites excluding steroid dienone is 1. The molecular formula is C12H14O4. The molecule has 5 atom stereocenters. The lowest BCUT2D eigenvalue weighted by molar-refractivity contribution is -0.145. The molecular weight excluding hydrogens is 208 g/mol. The topological polar surface area (TPSA) is 44.8 Å². The number of carbonyl (C=O) groups is 1. The highest BCUT2D eigenvalue weighted by atomic mass is 16.6.